The molecule has 0 saturated heterocycles. The molecular formula is C11H18N2O2. The van der Waals surface area contributed by atoms with Crippen LogP contribution in [0.4, 0.5) is 0 Å². The van der Waals surface area contributed by atoms with Gasteiger partial charge in [0.1, 0.15) is 18.6 Å². The Morgan fingerprint density at radius 3 is 1.67 bits per heavy atom. The first-order chi connectivity index (χ1) is 7.00. The van der Waals surface area contributed by atoms with Gasteiger partial charge in [-0.05, 0) is 27.7 Å². The summed E-state index contributed by atoms with van der Waals surface area (Å²) in [5.74, 6) is 1.51. The molecule has 0 bridgehead atoms. The molecule has 0 aromatic heterocycles. The molecule has 0 fully saturated rings. The minimum absolute atomic E-state index is 0.249. The Hall–Kier alpha value is -1.06. The molecule has 15 heavy (non-hydrogen) atoms. The van der Waals surface area contributed by atoms with Crippen LogP contribution in [0.2, 0.25) is 0 Å². The maximum atomic E-state index is 5.57. The molecule has 0 amide bonds. The van der Waals surface area contributed by atoms with Crippen LogP contribution in [0, 0.1) is 5.41 Å². The zero-order valence-electron chi connectivity index (χ0n) is 9.78. The lowest BCUT2D eigenvalue weighted by Gasteiger charge is -2.22. The minimum Gasteiger partial charge on any atom is -0.478 e. The Morgan fingerprint density at radius 2 is 1.40 bits per heavy atom. The Labute approximate surface area is 90.4 Å². The predicted molar refractivity (Wildman–Crippen MR) is 59.5 cm³/mol. The highest BCUT2D eigenvalue weighted by atomic mass is 16.5. The molecule has 2 aliphatic heterocycles. The molecule has 0 aromatic carbocycles. The fourth-order valence-corrected chi connectivity index (χ4v) is 1.72. The number of hydrogen-bond acceptors (Lipinski definition) is 4. The van der Waals surface area contributed by atoms with Crippen molar-refractivity contribution in [3.05, 3.63) is 0 Å². The standard InChI is InChI=1S/C11H18N2O2/c1-7-5-14-9(12-7)11(3,4)10-13-8(2)6-15-10/h7-8H,5-6H2,1-4H3/t7-,8?/m0/s1. The summed E-state index contributed by atoms with van der Waals surface area (Å²) in [7, 11) is 0. The van der Waals surface area contributed by atoms with Crippen LogP contribution in [0.3, 0.4) is 0 Å². The van der Waals surface area contributed by atoms with Crippen molar-refractivity contribution in [2.75, 3.05) is 13.2 Å². The smallest absolute Gasteiger partial charge is 0.199 e. The van der Waals surface area contributed by atoms with Gasteiger partial charge in [0.05, 0.1) is 12.1 Å². The van der Waals surface area contributed by atoms with E-state index >= 15 is 0 Å². The molecular weight excluding hydrogens is 192 g/mol. The molecule has 2 heterocycles. The third kappa shape index (κ3) is 1.85. The SMILES string of the molecule is CC1COC(C(C)(C)C2=N[C@@H](C)CO2)=N1. The van der Waals surface area contributed by atoms with Crippen molar-refractivity contribution >= 4 is 11.8 Å². The van der Waals surface area contributed by atoms with E-state index in [4.69, 9.17) is 9.47 Å². The Kier molecular flexibility index (Phi) is 2.44. The molecule has 1 unspecified atom stereocenters. The van der Waals surface area contributed by atoms with Crippen LogP contribution in [-0.4, -0.2) is 37.1 Å². The number of rotatable bonds is 2. The second-order valence-electron chi connectivity index (χ2n) is 4.81. The predicted octanol–water partition coefficient (Wildman–Crippen LogP) is 1.65. The maximum absolute atomic E-state index is 5.57. The number of nitrogens with zero attached hydrogens (tertiary/aromatic N) is 2. The average Bonchev–Trinajstić information content (AvgIpc) is 2.74. The zero-order chi connectivity index (χ0) is 11.1. The van der Waals surface area contributed by atoms with E-state index in [2.05, 4.69) is 9.98 Å². The van der Waals surface area contributed by atoms with Crippen molar-refractivity contribution in [2.24, 2.45) is 15.4 Å². The molecule has 0 N–H and O–H groups in total. The summed E-state index contributed by atoms with van der Waals surface area (Å²) in [5.41, 5.74) is -0.324. The highest BCUT2D eigenvalue weighted by molar-refractivity contribution is 6.05. The molecule has 2 aliphatic rings. The summed E-state index contributed by atoms with van der Waals surface area (Å²) in [6, 6.07) is 0.498. The summed E-state index contributed by atoms with van der Waals surface area (Å²) in [5, 5.41) is 0. The van der Waals surface area contributed by atoms with E-state index in [9.17, 15) is 0 Å². The van der Waals surface area contributed by atoms with Gasteiger partial charge in [0.2, 0.25) is 0 Å². The van der Waals surface area contributed by atoms with Crippen LogP contribution in [0.5, 0.6) is 0 Å². The lowest BCUT2D eigenvalue weighted by molar-refractivity contribution is 0.267. The molecule has 84 valence electrons. The number of ether oxygens (including phenoxy) is 2. The van der Waals surface area contributed by atoms with Gasteiger partial charge in [0.25, 0.3) is 0 Å². The minimum atomic E-state index is -0.324. The number of aliphatic imine (C=N–C) groups is 2. The van der Waals surface area contributed by atoms with Crippen molar-refractivity contribution in [3.8, 4) is 0 Å². The Bertz CT molecular complexity index is 291. The summed E-state index contributed by atoms with van der Waals surface area (Å²) in [6.45, 7) is 9.51. The van der Waals surface area contributed by atoms with Gasteiger partial charge in [0.15, 0.2) is 11.8 Å². The van der Waals surface area contributed by atoms with Crippen LogP contribution < -0.4 is 0 Å². The van der Waals surface area contributed by atoms with Gasteiger partial charge < -0.3 is 9.47 Å². The maximum Gasteiger partial charge on any atom is 0.199 e. The van der Waals surface area contributed by atoms with Gasteiger partial charge in [-0.3, -0.25) is 0 Å². The van der Waals surface area contributed by atoms with E-state index in [1.54, 1.807) is 0 Å². The van der Waals surface area contributed by atoms with Crippen molar-refractivity contribution < 1.29 is 9.47 Å². The second kappa shape index (κ2) is 3.51. The molecule has 0 aliphatic carbocycles. The fraction of sp³-hybridized carbons (Fsp3) is 0.818. The Balaban J connectivity index is 2.20. The highest BCUT2D eigenvalue weighted by Crippen LogP contribution is 2.28. The molecule has 4 heteroatoms. The molecule has 4 nitrogen and oxygen atoms in total. The van der Waals surface area contributed by atoms with Gasteiger partial charge in [-0.15, -0.1) is 0 Å². The molecule has 0 spiro atoms. The van der Waals surface area contributed by atoms with Gasteiger partial charge in [-0.2, -0.15) is 0 Å². The first kappa shape index (κ1) is 10.5. The first-order valence-corrected chi connectivity index (χ1v) is 5.42. The van der Waals surface area contributed by atoms with Crippen LogP contribution in [0.25, 0.3) is 0 Å². The third-order valence-corrected chi connectivity index (χ3v) is 2.67. The lowest BCUT2D eigenvalue weighted by Crippen LogP contribution is -2.34. The van der Waals surface area contributed by atoms with E-state index in [0.717, 1.165) is 11.8 Å². The lowest BCUT2D eigenvalue weighted by atomic mass is 9.93. The topological polar surface area (TPSA) is 43.2 Å². The van der Waals surface area contributed by atoms with Gasteiger partial charge >= 0.3 is 0 Å². The summed E-state index contributed by atoms with van der Waals surface area (Å²) < 4.78 is 11.1. The molecule has 0 aromatic rings. The summed E-state index contributed by atoms with van der Waals surface area (Å²) in [6.07, 6.45) is 0. The second-order valence-corrected chi connectivity index (χ2v) is 4.81. The van der Waals surface area contributed by atoms with Crippen molar-refractivity contribution in [3.63, 3.8) is 0 Å². The van der Waals surface area contributed by atoms with Crippen LogP contribution >= 0.6 is 0 Å². The van der Waals surface area contributed by atoms with E-state index in [-0.39, 0.29) is 17.5 Å². The monoisotopic (exact) mass is 210 g/mol. The van der Waals surface area contributed by atoms with Crippen LogP contribution in [0.15, 0.2) is 9.98 Å². The third-order valence-electron chi connectivity index (χ3n) is 2.67. The molecule has 0 saturated carbocycles. The van der Waals surface area contributed by atoms with Gasteiger partial charge in [-0.25, -0.2) is 9.98 Å². The Morgan fingerprint density at radius 1 is 1.00 bits per heavy atom. The molecule has 2 rings (SSSR count). The largest absolute Gasteiger partial charge is 0.478 e. The first-order valence-electron chi connectivity index (χ1n) is 5.42. The van der Waals surface area contributed by atoms with Crippen LogP contribution in [-0.2, 0) is 9.47 Å². The van der Waals surface area contributed by atoms with Crippen molar-refractivity contribution in [2.45, 2.75) is 39.8 Å². The van der Waals surface area contributed by atoms with Crippen LogP contribution in [0.1, 0.15) is 27.7 Å². The quantitative estimate of drug-likeness (QED) is 0.695. The van der Waals surface area contributed by atoms with Crippen molar-refractivity contribution in [1.29, 1.82) is 0 Å². The average molecular weight is 210 g/mol. The summed E-state index contributed by atoms with van der Waals surface area (Å²) in [4.78, 5) is 8.93. The van der Waals surface area contributed by atoms with E-state index in [1.807, 2.05) is 27.7 Å². The summed E-state index contributed by atoms with van der Waals surface area (Å²) >= 11 is 0. The molecule has 2 atom stereocenters. The van der Waals surface area contributed by atoms with E-state index in [1.165, 1.54) is 0 Å². The van der Waals surface area contributed by atoms with Gasteiger partial charge in [0, 0.05) is 0 Å². The highest BCUT2D eigenvalue weighted by Gasteiger charge is 2.39. The molecule has 0 radical (unpaired) electrons. The van der Waals surface area contributed by atoms with Gasteiger partial charge in [-0.1, -0.05) is 0 Å². The van der Waals surface area contributed by atoms with E-state index < -0.39 is 0 Å². The zero-order valence-corrected chi connectivity index (χ0v) is 9.78. The van der Waals surface area contributed by atoms with E-state index in [0.29, 0.717) is 13.2 Å². The fourth-order valence-electron chi connectivity index (χ4n) is 1.72. The van der Waals surface area contributed by atoms with Crippen molar-refractivity contribution in [1.82, 2.24) is 0 Å². The number of hydrogen-bond donors (Lipinski definition) is 0. The normalized spacial score (nSPS) is 30.7.